The Balaban J connectivity index is 1.73. The number of hydrogen-bond acceptors (Lipinski definition) is 7. The number of phenols is 2. The van der Waals surface area contributed by atoms with E-state index >= 15 is 0 Å². The SMILES string of the molecule is Oc1cc(C2COCCOCCOCCOCCO2)c(O)cc1-c1ccccc1. The molecule has 0 saturated carbocycles. The van der Waals surface area contributed by atoms with E-state index in [1.54, 1.807) is 6.07 Å². The van der Waals surface area contributed by atoms with Gasteiger partial charge in [-0.25, -0.2) is 0 Å². The lowest BCUT2D eigenvalue weighted by Crippen LogP contribution is -2.17. The zero-order valence-electron chi connectivity index (χ0n) is 16.4. The van der Waals surface area contributed by atoms with Crippen LogP contribution >= 0.6 is 0 Å². The maximum Gasteiger partial charge on any atom is 0.124 e. The van der Waals surface area contributed by atoms with Gasteiger partial charge in [0.25, 0.3) is 0 Å². The van der Waals surface area contributed by atoms with Gasteiger partial charge in [-0.05, 0) is 17.7 Å². The molecule has 0 amide bonds. The van der Waals surface area contributed by atoms with Crippen molar-refractivity contribution in [3.05, 3.63) is 48.0 Å². The standard InChI is InChI=1S/C22H28O7/c23-20-15-19(21(24)14-18(20)17-4-2-1-3-5-17)22-16-28-11-10-26-7-6-25-8-9-27-12-13-29-22/h1-5,14-15,22-24H,6-13,16H2. The molecular weight excluding hydrogens is 376 g/mol. The largest absolute Gasteiger partial charge is 0.508 e. The first-order valence-electron chi connectivity index (χ1n) is 9.79. The van der Waals surface area contributed by atoms with Gasteiger partial charge in [-0.3, -0.25) is 0 Å². The van der Waals surface area contributed by atoms with Gasteiger partial charge in [0.2, 0.25) is 0 Å². The summed E-state index contributed by atoms with van der Waals surface area (Å²) in [7, 11) is 0. The van der Waals surface area contributed by atoms with Crippen molar-refractivity contribution in [2.45, 2.75) is 6.10 Å². The summed E-state index contributed by atoms with van der Waals surface area (Å²) in [6.45, 7) is 3.76. The van der Waals surface area contributed by atoms with E-state index in [0.29, 0.717) is 64.0 Å². The molecule has 1 fully saturated rings. The van der Waals surface area contributed by atoms with Gasteiger partial charge < -0.3 is 33.9 Å². The smallest absolute Gasteiger partial charge is 0.124 e. The summed E-state index contributed by atoms with van der Waals surface area (Å²) < 4.78 is 27.8. The summed E-state index contributed by atoms with van der Waals surface area (Å²) in [5.74, 6) is 0.110. The van der Waals surface area contributed by atoms with E-state index in [1.807, 2.05) is 30.3 Å². The summed E-state index contributed by atoms with van der Waals surface area (Å²) in [5.41, 5.74) is 1.84. The fourth-order valence-corrected chi connectivity index (χ4v) is 3.03. The second-order valence-electron chi connectivity index (χ2n) is 6.57. The lowest BCUT2D eigenvalue weighted by atomic mass is 9.99. The van der Waals surface area contributed by atoms with E-state index in [1.165, 1.54) is 6.07 Å². The van der Waals surface area contributed by atoms with Crippen molar-refractivity contribution in [1.82, 2.24) is 0 Å². The molecule has 2 aromatic carbocycles. The summed E-state index contributed by atoms with van der Waals surface area (Å²) >= 11 is 0. The van der Waals surface area contributed by atoms with Crippen LogP contribution in [0.25, 0.3) is 11.1 Å². The van der Waals surface area contributed by atoms with Gasteiger partial charge in [0.05, 0.1) is 59.5 Å². The molecule has 3 rings (SSSR count). The Labute approximate surface area is 170 Å². The highest BCUT2D eigenvalue weighted by molar-refractivity contribution is 5.72. The van der Waals surface area contributed by atoms with E-state index in [0.717, 1.165) is 5.56 Å². The number of benzene rings is 2. The zero-order valence-corrected chi connectivity index (χ0v) is 16.4. The van der Waals surface area contributed by atoms with Crippen molar-refractivity contribution < 1.29 is 33.9 Å². The highest BCUT2D eigenvalue weighted by Crippen LogP contribution is 2.38. The Bertz CT molecular complexity index is 719. The van der Waals surface area contributed by atoms with Crippen LogP contribution in [0.4, 0.5) is 0 Å². The minimum Gasteiger partial charge on any atom is -0.508 e. The van der Waals surface area contributed by atoms with Crippen LogP contribution in [0.15, 0.2) is 42.5 Å². The number of hydrogen-bond donors (Lipinski definition) is 2. The Morgan fingerprint density at radius 3 is 1.90 bits per heavy atom. The van der Waals surface area contributed by atoms with Crippen LogP contribution in [-0.2, 0) is 23.7 Å². The molecule has 158 valence electrons. The fourth-order valence-electron chi connectivity index (χ4n) is 3.03. The molecule has 1 heterocycles. The number of aromatic hydroxyl groups is 2. The van der Waals surface area contributed by atoms with Gasteiger partial charge in [0.1, 0.15) is 17.6 Å². The number of rotatable bonds is 2. The first-order valence-corrected chi connectivity index (χ1v) is 9.79. The summed E-state index contributed by atoms with van der Waals surface area (Å²) in [4.78, 5) is 0. The molecule has 1 atom stereocenters. The molecule has 0 radical (unpaired) electrons. The molecule has 7 nitrogen and oxygen atoms in total. The Morgan fingerprint density at radius 2 is 1.24 bits per heavy atom. The summed E-state index contributed by atoms with van der Waals surface area (Å²) in [6.07, 6.45) is -0.546. The van der Waals surface area contributed by atoms with Gasteiger partial charge in [-0.15, -0.1) is 0 Å². The van der Waals surface area contributed by atoms with Crippen LogP contribution in [0.1, 0.15) is 11.7 Å². The molecule has 2 N–H and O–H groups in total. The first-order chi connectivity index (χ1) is 14.3. The molecule has 1 unspecified atom stereocenters. The molecule has 29 heavy (non-hydrogen) atoms. The second-order valence-corrected chi connectivity index (χ2v) is 6.57. The Hall–Kier alpha value is -2.16. The van der Waals surface area contributed by atoms with Gasteiger partial charge in [0.15, 0.2) is 0 Å². The van der Waals surface area contributed by atoms with E-state index in [-0.39, 0.29) is 18.1 Å². The molecule has 0 spiro atoms. The van der Waals surface area contributed by atoms with E-state index < -0.39 is 6.10 Å². The molecule has 0 aromatic heterocycles. The summed E-state index contributed by atoms with van der Waals surface area (Å²) in [5, 5.41) is 21.2. The third-order valence-electron chi connectivity index (χ3n) is 4.51. The molecule has 1 aliphatic rings. The number of phenolic OH excluding ortho intramolecular Hbond substituents is 2. The van der Waals surface area contributed by atoms with Crippen molar-refractivity contribution in [2.24, 2.45) is 0 Å². The van der Waals surface area contributed by atoms with Crippen molar-refractivity contribution in [3.8, 4) is 22.6 Å². The minimum atomic E-state index is -0.546. The van der Waals surface area contributed by atoms with Gasteiger partial charge in [-0.2, -0.15) is 0 Å². The fraction of sp³-hybridized carbons (Fsp3) is 0.455. The third kappa shape index (κ3) is 6.69. The average Bonchev–Trinajstić information content (AvgIpc) is 2.75. The van der Waals surface area contributed by atoms with Crippen molar-refractivity contribution in [3.63, 3.8) is 0 Å². The molecule has 0 bridgehead atoms. The topological polar surface area (TPSA) is 86.6 Å². The monoisotopic (exact) mass is 404 g/mol. The van der Waals surface area contributed by atoms with Crippen LogP contribution in [-0.4, -0.2) is 69.7 Å². The Morgan fingerprint density at radius 1 is 0.655 bits per heavy atom. The van der Waals surface area contributed by atoms with Gasteiger partial charge >= 0.3 is 0 Å². The maximum absolute atomic E-state index is 10.6. The van der Waals surface area contributed by atoms with E-state index in [9.17, 15) is 10.2 Å². The first kappa shape index (κ1) is 21.5. The van der Waals surface area contributed by atoms with Crippen molar-refractivity contribution in [2.75, 3.05) is 59.5 Å². The van der Waals surface area contributed by atoms with Crippen molar-refractivity contribution in [1.29, 1.82) is 0 Å². The quantitative estimate of drug-likeness (QED) is 0.744. The summed E-state index contributed by atoms with van der Waals surface area (Å²) in [6, 6.07) is 12.5. The van der Waals surface area contributed by atoms with Crippen LogP contribution < -0.4 is 0 Å². The Kier molecular flexibility index (Phi) is 8.73. The third-order valence-corrected chi connectivity index (χ3v) is 4.51. The predicted molar refractivity (Wildman–Crippen MR) is 107 cm³/mol. The van der Waals surface area contributed by atoms with E-state index in [2.05, 4.69) is 0 Å². The van der Waals surface area contributed by atoms with Crippen LogP contribution in [0.5, 0.6) is 11.5 Å². The molecule has 1 saturated heterocycles. The second kappa shape index (κ2) is 11.7. The lowest BCUT2D eigenvalue weighted by molar-refractivity contribution is -0.0479. The molecule has 7 heteroatoms. The minimum absolute atomic E-state index is 0.0405. The molecule has 1 aliphatic heterocycles. The maximum atomic E-state index is 10.6. The highest BCUT2D eigenvalue weighted by atomic mass is 16.6. The lowest BCUT2D eigenvalue weighted by Gasteiger charge is -2.21. The molecular formula is C22H28O7. The highest BCUT2D eigenvalue weighted by Gasteiger charge is 2.20. The van der Waals surface area contributed by atoms with Gasteiger partial charge in [0, 0.05) is 11.1 Å². The van der Waals surface area contributed by atoms with Crippen molar-refractivity contribution >= 4 is 0 Å². The van der Waals surface area contributed by atoms with E-state index in [4.69, 9.17) is 23.7 Å². The van der Waals surface area contributed by atoms with Gasteiger partial charge in [-0.1, -0.05) is 30.3 Å². The number of ether oxygens (including phenoxy) is 5. The zero-order chi connectivity index (χ0) is 20.3. The van der Waals surface area contributed by atoms with Crippen LogP contribution in [0.3, 0.4) is 0 Å². The normalized spacial score (nSPS) is 20.5. The molecule has 2 aromatic rings. The molecule has 0 aliphatic carbocycles. The predicted octanol–water partition coefficient (Wildman–Crippen LogP) is 2.90. The van der Waals surface area contributed by atoms with Crippen LogP contribution in [0.2, 0.25) is 0 Å². The average molecular weight is 404 g/mol. The van der Waals surface area contributed by atoms with Crippen LogP contribution in [0, 0.1) is 0 Å².